The van der Waals surface area contributed by atoms with Crippen LogP contribution in [0.5, 0.6) is 23.0 Å². The molecule has 4 aromatic rings. The normalized spacial score (nSPS) is 10.9. The second-order valence-electron chi connectivity index (χ2n) is 6.64. The topological polar surface area (TPSA) is 129 Å². The summed E-state index contributed by atoms with van der Waals surface area (Å²) >= 11 is 0. The first kappa shape index (κ1) is 19.1. The molecule has 0 aliphatic rings. The van der Waals surface area contributed by atoms with Crippen molar-refractivity contribution in [2.45, 2.75) is 6.92 Å². The number of phenolic OH excluding ortho intramolecular Hbond substituents is 2. The Hall–Kier alpha value is -4.20. The van der Waals surface area contributed by atoms with Crippen molar-refractivity contribution in [2.75, 3.05) is 7.11 Å². The van der Waals surface area contributed by atoms with Crippen LogP contribution in [0.2, 0.25) is 0 Å². The van der Waals surface area contributed by atoms with E-state index in [1.165, 1.54) is 31.4 Å². The lowest BCUT2D eigenvalue weighted by Gasteiger charge is -2.08. The highest BCUT2D eigenvalue weighted by molar-refractivity contribution is 5.82. The maximum Gasteiger partial charge on any atom is 0.227 e. The molecule has 0 bridgehead atoms. The van der Waals surface area contributed by atoms with Crippen molar-refractivity contribution >= 4 is 0 Å². The Bertz CT molecular complexity index is 1290. The van der Waals surface area contributed by atoms with Crippen LogP contribution in [-0.4, -0.2) is 32.4 Å². The number of ether oxygens (including phenoxy) is 1. The van der Waals surface area contributed by atoms with Crippen LogP contribution >= 0.6 is 0 Å². The minimum absolute atomic E-state index is 0.0398. The maximum absolute atomic E-state index is 12.1. The highest BCUT2D eigenvalue weighted by Gasteiger charge is 2.22. The van der Waals surface area contributed by atoms with Crippen molar-refractivity contribution in [3.8, 4) is 57.1 Å². The second kappa shape index (κ2) is 7.32. The van der Waals surface area contributed by atoms with Gasteiger partial charge in [-0.15, -0.1) is 0 Å². The molecule has 0 saturated heterocycles. The quantitative estimate of drug-likeness (QED) is 0.406. The van der Waals surface area contributed by atoms with E-state index in [2.05, 4.69) is 9.97 Å². The Morgan fingerprint density at radius 2 is 1.70 bits per heavy atom. The molecule has 8 heteroatoms. The predicted octanol–water partition coefficient (Wildman–Crippen LogP) is 3.80. The third-order valence-electron chi connectivity index (χ3n) is 4.57. The zero-order valence-corrected chi connectivity index (χ0v) is 16.1. The first-order valence-electron chi connectivity index (χ1n) is 8.98. The molecule has 0 atom stereocenters. The van der Waals surface area contributed by atoms with E-state index in [1.54, 1.807) is 31.2 Å². The van der Waals surface area contributed by atoms with Crippen LogP contribution in [-0.2, 0) is 0 Å². The monoisotopic (exact) mass is 406 g/mol. The standard InChI is InChI=1S/C22H18N2O6/c1-11-9-16(27)20(28)21(30-11)19-18(13-5-8-15(26)17(10-13)29-2)23-22(24-19)12-3-6-14(25)7-4-12/h3-10,25-26,28H,1-2H3,(H,23,24). The summed E-state index contributed by atoms with van der Waals surface area (Å²) in [5.41, 5.74) is 1.30. The highest BCUT2D eigenvalue weighted by Crippen LogP contribution is 2.39. The van der Waals surface area contributed by atoms with Crippen LogP contribution in [0.1, 0.15) is 5.76 Å². The van der Waals surface area contributed by atoms with E-state index in [1.807, 2.05) is 0 Å². The van der Waals surface area contributed by atoms with Gasteiger partial charge in [0, 0.05) is 17.2 Å². The summed E-state index contributed by atoms with van der Waals surface area (Å²) < 4.78 is 10.8. The number of imidazole rings is 1. The second-order valence-corrected chi connectivity index (χ2v) is 6.64. The fourth-order valence-corrected chi connectivity index (χ4v) is 3.10. The van der Waals surface area contributed by atoms with Crippen molar-refractivity contribution in [1.29, 1.82) is 0 Å². The molecule has 0 spiro atoms. The van der Waals surface area contributed by atoms with E-state index in [9.17, 15) is 20.1 Å². The molecule has 2 aromatic heterocycles. The number of aryl methyl sites for hydroxylation is 1. The summed E-state index contributed by atoms with van der Waals surface area (Å²) in [5.74, 6) is 0.451. The zero-order valence-electron chi connectivity index (χ0n) is 16.1. The molecule has 4 rings (SSSR count). The minimum atomic E-state index is -0.580. The van der Waals surface area contributed by atoms with E-state index < -0.39 is 11.2 Å². The molecular formula is C22H18N2O6. The summed E-state index contributed by atoms with van der Waals surface area (Å²) in [6.45, 7) is 1.60. The van der Waals surface area contributed by atoms with Gasteiger partial charge in [0.15, 0.2) is 17.3 Å². The smallest absolute Gasteiger partial charge is 0.227 e. The third-order valence-corrected chi connectivity index (χ3v) is 4.57. The molecule has 0 radical (unpaired) electrons. The van der Waals surface area contributed by atoms with Crippen LogP contribution in [0, 0.1) is 6.92 Å². The van der Waals surface area contributed by atoms with Crippen molar-refractivity contribution in [3.05, 3.63) is 64.5 Å². The SMILES string of the molecule is COc1cc(-c2nc(-c3ccc(O)cc3)[nH]c2-c2oc(C)cc(=O)c2O)ccc1O. The molecule has 0 amide bonds. The Labute approximate surface area is 170 Å². The third kappa shape index (κ3) is 3.35. The van der Waals surface area contributed by atoms with Crippen molar-refractivity contribution in [1.82, 2.24) is 9.97 Å². The summed E-state index contributed by atoms with van der Waals surface area (Å²) in [4.78, 5) is 19.8. The molecular weight excluding hydrogens is 388 g/mol. The van der Waals surface area contributed by atoms with Crippen molar-refractivity contribution < 1.29 is 24.5 Å². The van der Waals surface area contributed by atoms with E-state index in [0.29, 0.717) is 28.4 Å². The molecule has 8 nitrogen and oxygen atoms in total. The fraction of sp³-hybridized carbons (Fsp3) is 0.0909. The number of aromatic amines is 1. The number of benzene rings is 2. The van der Waals surface area contributed by atoms with Gasteiger partial charge in [-0.3, -0.25) is 4.79 Å². The number of rotatable bonds is 4. The molecule has 0 unspecified atom stereocenters. The average Bonchev–Trinajstić information content (AvgIpc) is 3.16. The van der Waals surface area contributed by atoms with Crippen LogP contribution in [0.25, 0.3) is 34.1 Å². The average molecular weight is 406 g/mol. The largest absolute Gasteiger partial charge is 0.508 e. The highest BCUT2D eigenvalue weighted by atomic mass is 16.5. The van der Waals surface area contributed by atoms with Crippen LogP contribution in [0.15, 0.2) is 57.7 Å². The Kier molecular flexibility index (Phi) is 4.67. The molecule has 4 N–H and O–H groups in total. The lowest BCUT2D eigenvalue weighted by molar-refractivity contribution is 0.373. The van der Waals surface area contributed by atoms with E-state index in [-0.39, 0.29) is 28.7 Å². The molecule has 0 aliphatic carbocycles. The summed E-state index contributed by atoms with van der Waals surface area (Å²) in [7, 11) is 1.43. The van der Waals surface area contributed by atoms with E-state index >= 15 is 0 Å². The van der Waals surface area contributed by atoms with Gasteiger partial charge >= 0.3 is 0 Å². The Balaban J connectivity index is 1.99. The predicted molar refractivity (Wildman–Crippen MR) is 110 cm³/mol. The van der Waals surface area contributed by atoms with Gasteiger partial charge < -0.3 is 29.5 Å². The number of methoxy groups -OCH3 is 1. The molecule has 152 valence electrons. The minimum Gasteiger partial charge on any atom is -0.508 e. The Morgan fingerprint density at radius 1 is 1.00 bits per heavy atom. The van der Waals surface area contributed by atoms with Crippen molar-refractivity contribution in [2.24, 2.45) is 0 Å². The van der Waals surface area contributed by atoms with Crippen LogP contribution in [0.4, 0.5) is 0 Å². The number of nitrogens with one attached hydrogen (secondary N) is 1. The number of hydrogen-bond acceptors (Lipinski definition) is 7. The van der Waals surface area contributed by atoms with Gasteiger partial charge in [0.25, 0.3) is 0 Å². The molecule has 0 saturated carbocycles. The number of aromatic nitrogens is 2. The van der Waals surface area contributed by atoms with Gasteiger partial charge in [0.2, 0.25) is 11.2 Å². The lowest BCUT2D eigenvalue weighted by atomic mass is 10.1. The molecule has 2 aromatic carbocycles. The lowest BCUT2D eigenvalue weighted by Crippen LogP contribution is -2.01. The van der Waals surface area contributed by atoms with Crippen LogP contribution in [0.3, 0.4) is 0 Å². The van der Waals surface area contributed by atoms with Crippen LogP contribution < -0.4 is 10.2 Å². The number of H-pyrrole nitrogens is 1. The zero-order chi connectivity index (χ0) is 21.4. The summed E-state index contributed by atoms with van der Waals surface area (Å²) in [5, 5.41) is 29.8. The van der Waals surface area contributed by atoms with Gasteiger partial charge in [-0.05, 0) is 49.4 Å². The van der Waals surface area contributed by atoms with Gasteiger partial charge in [0.05, 0.1) is 7.11 Å². The summed E-state index contributed by atoms with van der Waals surface area (Å²) in [6, 6.07) is 12.2. The number of nitrogens with zero attached hydrogens (tertiary/aromatic N) is 1. The Morgan fingerprint density at radius 3 is 2.40 bits per heavy atom. The van der Waals surface area contributed by atoms with Gasteiger partial charge in [-0.2, -0.15) is 0 Å². The first-order valence-corrected chi connectivity index (χ1v) is 8.98. The fourth-order valence-electron chi connectivity index (χ4n) is 3.10. The van der Waals surface area contributed by atoms with Gasteiger partial charge in [0.1, 0.15) is 28.7 Å². The van der Waals surface area contributed by atoms with Crippen molar-refractivity contribution in [3.63, 3.8) is 0 Å². The molecule has 30 heavy (non-hydrogen) atoms. The molecule has 0 fully saturated rings. The molecule has 0 aliphatic heterocycles. The number of phenols is 2. The van der Waals surface area contributed by atoms with E-state index in [0.717, 1.165) is 0 Å². The number of hydrogen-bond donors (Lipinski definition) is 4. The summed E-state index contributed by atoms with van der Waals surface area (Å²) in [6.07, 6.45) is 0. The maximum atomic E-state index is 12.1. The van der Waals surface area contributed by atoms with E-state index in [4.69, 9.17) is 9.15 Å². The number of aromatic hydroxyl groups is 3. The molecule has 2 heterocycles. The van der Waals surface area contributed by atoms with Gasteiger partial charge in [-0.25, -0.2) is 4.98 Å². The van der Waals surface area contributed by atoms with Gasteiger partial charge in [-0.1, -0.05) is 0 Å². The first-order chi connectivity index (χ1) is 14.4.